The molecule has 0 aromatic heterocycles. The molecule has 2 atom stereocenters. The summed E-state index contributed by atoms with van der Waals surface area (Å²) in [6.45, 7) is 10.8. The SMILES string of the molecule is CCCCCCC(C)OC(CC)CNCC. The molecule has 0 fully saturated rings. The summed E-state index contributed by atoms with van der Waals surface area (Å²) in [5.74, 6) is 0. The lowest BCUT2D eigenvalue weighted by Gasteiger charge is -2.21. The molecule has 0 heterocycles. The maximum Gasteiger partial charge on any atom is 0.0700 e. The summed E-state index contributed by atoms with van der Waals surface area (Å²) in [6, 6.07) is 0. The van der Waals surface area contributed by atoms with Gasteiger partial charge < -0.3 is 10.1 Å². The van der Waals surface area contributed by atoms with Gasteiger partial charge in [-0.3, -0.25) is 0 Å². The first-order chi connectivity index (χ1) is 7.74. The molecule has 0 bridgehead atoms. The molecular weight excluding hydrogens is 198 g/mol. The van der Waals surface area contributed by atoms with E-state index in [2.05, 4.69) is 33.0 Å². The second kappa shape index (κ2) is 11.4. The molecule has 0 aliphatic rings. The van der Waals surface area contributed by atoms with E-state index >= 15 is 0 Å². The summed E-state index contributed by atoms with van der Waals surface area (Å²) in [5.41, 5.74) is 0. The highest BCUT2D eigenvalue weighted by Gasteiger charge is 2.10. The van der Waals surface area contributed by atoms with E-state index in [1.807, 2.05) is 0 Å². The lowest BCUT2D eigenvalue weighted by Crippen LogP contribution is -2.31. The zero-order valence-electron chi connectivity index (χ0n) is 11.7. The van der Waals surface area contributed by atoms with Crippen LogP contribution in [0.4, 0.5) is 0 Å². The molecule has 2 nitrogen and oxygen atoms in total. The molecule has 16 heavy (non-hydrogen) atoms. The van der Waals surface area contributed by atoms with Gasteiger partial charge in [0.05, 0.1) is 12.2 Å². The van der Waals surface area contributed by atoms with E-state index in [9.17, 15) is 0 Å². The smallest absolute Gasteiger partial charge is 0.0700 e. The first-order valence-corrected chi connectivity index (χ1v) is 7.10. The highest BCUT2D eigenvalue weighted by Crippen LogP contribution is 2.10. The Labute approximate surface area is 102 Å². The van der Waals surface area contributed by atoms with Gasteiger partial charge in [-0.1, -0.05) is 46.5 Å². The van der Waals surface area contributed by atoms with Crippen molar-refractivity contribution >= 4 is 0 Å². The second-order valence-electron chi connectivity index (χ2n) is 4.63. The normalized spacial score (nSPS) is 15.0. The lowest BCUT2D eigenvalue weighted by molar-refractivity contribution is -0.00791. The summed E-state index contributed by atoms with van der Waals surface area (Å²) >= 11 is 0. The highest BCUT2D eigenvalue weighted by atomic mass is 16.5. The van der Waals surface area contributed by atoms with E-state index in [1.54, 1.807) is 0 Å². The third-order valence-electron chi connectivity index (χ3n) is 2.97. The van der Waals surface area contributed by atoms with Gasteiger partial charge >= 0.3 is 0 Å². The Balaban J connectivity index is 3.53. The van der Waals surface area contributed by atoms with Gasteiger partial charge in [0, 0.05) is 6.54 Å². The highest BCUT2D eigenvalue weighted by molar-refractivity contribution is 4.62. The monoisotopic (exact) mass is 229 g/mol. The number of hydrogen-bond donors (Lipinski definition) is 1. The van der Waals surface area contributed by atoms with Gasteiger partial charge in [-0.25, -0.2) is 0 Å². The van der Waals surface area contributed by atoms with Crippen LogP contribution in [0.15, 0.2) is 0 Å². The largest absolute Gasteiger partial charge is 0.374 e. The van der Waals surface area contributed by atoms with Crippen molar-refractivity contribution in [1.29, 1.82) is 0 Å². The first kappa shape index (κ1) is 15.9. The maximum absolute atomic E-state index is 6.02. The van der Waals surface area contributed by atoms with Crippen molar-refractivity contribution in [2.45, 2.75) is 78.4 Å². The van der Waals surface area contributed by atoms with E-state index in [4.69, 9.17) is 4.74 Å². The predicted octanol–water partition coefficient (Wildman–Crippen LogP) is 3.75. The van der Waals surface area contributed by atoms with E-state index in [0.29, 0.717) is 12.2 Å². The number of hydrogen-bond acceptors (Lipinski definition) is 2. The van der Waals surface area contributed by atoms with Crippen LogP contribution in [-0.4, -0.2) is 25.3 Å². The van der Waals surface area contributed by atoms with Crippen molar-refractivity contribution in [1.82, 2.24) is 5.32 Å². The zero-order valence-corrected chi connectivity index (χ0v) is 11.7. The summed E-state index contributed by atoms with van der Waals surface area (Å²) in [5, 5.41) is 3.36. The topological polar surface area (TPSA) is 21.3 Å². The molecule has 1 N–H and O–H groups in total. The molecule has 0 rings (SSSR count). The molecule has 0 spiro atoms. The van der Waals surface area contributed by atoms with Crippen LogP contribution in [-0.2, 0) is 4.74 Å². The van der Waals surface area contributed by atoms with E-state index in [1.165, 1.54) is 32.1 Å². The van der Waals surface area contributed by atoms with Crippen molar-refractivity contribution in [2.24, 2.45) is 0 Å². The van der Waals surface area contributed by atoms with Crippen LogP contribution in [0, 0.1) is 0 Å². The van der Waals surface area contributed by atoms with Gasteiger partial charge in [0.15, 0.2) is 0 Å². The van der Waals surface area contributed by atoms with E-state index < -0.39 is 0 Å². The molecule has 98 valence electrons. The summed E-state index contributed by atoms with van der Waals surface area (Å²) in [7, 11) is 0. The molecule has 2 unspecified atom stereocenters. The standard InChI is InChI=1S/C14H31NO/c1-5-8-9-10-11-13(4)16-14(6-2)12-15-7-3/h13-15H,5-12H2,1-4H3. The molecule has 0 aliphatic carbocycles. The predicted molar refractivity (Wildman–Crippen MR) is 71.9 cm³/mol. The Kier molecular flexibility index (Phi) is 11.3. The van der Waals surface area contributed by atoms with Crippen LogP contribution in [0.5, 0.6) is 0 Å². The van der Waals surface area contributed by atoms with Crippen molar-refractivity contribution in [3.8, 4) is 0 Å². The fourth-order valence-corrected chi connectivity index (χ4v) is 1.85. The number of nitrogens with one attached hydrogen (secondary N) is 1. The molecule has 0 amide bonds. The van der Waals surface area contributed by atoms with Crippen molar-refractivity contribution in [2.75, 3.05) is 13.1 Å². The third-order valence-corrected chi connectivity index (χ3v) is 2.97. The lowest BCUT2D eigenvalue weighted by atomic mass is 10.1. The van der Waals surface area contributed by atoms with Crippen LogP contribution >= 0.6 is 0 Å². The average molecular weight is 229 g/mol. The Bertz CT molecular complexity index is 139. The average Bonchev–Trinajstić information content (AvgIpc) is 2.30. The van der Waals surface area contributed by atoms with Gasteiger partial charge in [0.2, 0.25) is 0 Å². The second-order valence-corrected chi connectivity index (χ2v) is 4.63. The number of likely N-dealkylation sites (N-methyl/N-ethyl adjacent to an activating group) is 1. The van der Waals surface area contributed by atoms with Gasteiger partial charge in [0.25, 0.3) is 0 Å². The van der Waals surface area contributed by atoms with E-state index in [-0.39, 0.29) is 0 Å². The van der Waals surface area contributed by atoms with Crippen LogP contribution < -0.4 is 5.32 Å². The molecular formula is C14H31NO. The molecule has 0 radical (unpaired) electrons. The Hall–Kier alpha value is -0.0800. The first-order valence-electron chi connectivity index (χ1n) is 7.10. The van der Waals surface area contributed by atoms with E-state index in [0.717, 1.165) is 19.5 Å². The van der Waals surface area contributed by atoms with Crippen molar-refractivity contribution in [3.63, 3.8) is 0 Å². The van der Waals surface area contributed by atoms with Gasteiger partial charge in [-0.2, -0.15) is 0 Å². The van der Waals surface area contributed by atoms with Crippen LogP contribution in [0.25, 0.3) is 0 Å². The van der Waals surface area contributed by atoms with Crippen LogP contribution in [0.1, 0.15) is 66.2 Å². The summed E-state index contributed by atoms with van der Waals surface area (Å²) in [4.78, 5) is 0. The summed E-state index contributed by atoms with van der Waals surface area (Å²) in [6.07, 6.45) is 8.46. The number of rotatable bonds is 11. The molecule has 0 saturated carbocycles. The van der Waals surface area contributed by atoms with Crippen molar-refractivity contribution in [3.05, 3.63) is 0 Å². The Morgan fingerprint density at radius 2 is 1.81 bits per heavy atom. The fourth-order valence-electron chi connectivity index (χ4n) is 1.85. The molecule has 2 heteroatoms. The van der Waals surface area contributed by atoms with Gasteiger partial charge in [-0.15, -0.1) is 0 Å². The minimum Gasteiger partial charge on any atom is -0.374 e. The van der Waals surface area contributed by atoms with Crippen LogP contribution in [0.3, 0.4) is 0 Å². The zero-order chi connectivity index (χ0) is 12.2. The molecule has 0 aliphatic heterocycles. The molecule has 0 aromatic rings. The third kappa shape index (κ3) is 9.17. The number of ether oxygens (including phenoxy) is 1. The Morgan fingerprint density at radius 3 is 2.38 bits per heavy atom. The van der Waals surface area contributed by atoms with Crippen molar-refractivity contribution < 1.29 is 4.74 Å². The minimum atomic E-state index is 0.390. The van der Waals surface area contributed by atoms with Crippen LogP contribution in [0.2, 0.25) is 0 Å². The molecule has 0 saturated heterocycles. The summed E-state index contributed by atoms with van der Waals surface area (Å²) < 4.78 is 6.02. The fraction of sp³-hybridized carbons (Fsp3) is 1.00. The maximum atomic E-state index is 6.02. The minimum absolute atomic E-state index is 0.390. The quantitative estimate of drug-likeness (QED) is 0.545. The molecule has 0 aromatic carbocycles. The Morgan fingerprint density at radius 1 is 1.06 bits per heavy atom. The number of unbranched alkanes of at least 4 members (excludes halogenated alkanes) is 3. The van der Waals surface area contributed by atoms with Gasteiger partial charge in [-0.05, 0) is 26.3 Å². The van der Waals surface area contributed by atoms with Gasteiger partial charge in [0.1, 0.15) is 0 Å².